The Morgan fingerprint density at radius 2 is 2.25 bits per heavy atom. The minimum absolute atomic E-state index is 0.584. The monoisotopic (exact) mass is 234 g/mol. The second kappa shape index (κ2) is 5.41. The Morgan fingerprint density at radius 1 is 1.38 bits per heavy atom. The van der Waals surface area contributed by atoms with Crippen LogP contribution >= 0.6 is 11.3 Å². The lowest BCUT2D eigenvalue weighted by atomic mass is 10.1. The fraction of sp³-hybridized carbons (Fsp3) is 0.462. The molecular formula is C13H18N2S. The molecule has 0 saturated heterocycles. The Morgan fingerprint density at radius 3 is 3.06 bits per heavy atom. The van der Waals surface area contributed by atoms with Crippen LogP contribution in [0.2, 0.25) is 0 Å². The number of thiazole rings is 1. The lowest BCUT2D eigenvalue weighted by Gasteiger charge is -2.07. The fourth-order valence-electron chi connectivity index (χ4n) is 1.74. The zero-order valence-corrected chi connectivity index (χ0v) is 10.7. The predicted molar refractivity (Wildman–Crippen MR) is 71.1 cm³/mol. The molecular weight excluding hydrogens is 216 g/mol. The first-order valence-corrected chi connectivity index (χ1v) is 6.69. The SMILES string of the molecule is CC(C)NCCCc1ccc2scnc2c1. The molecule has 0 bridgehead atoms. The van der Waals surface area contributed by atoms with Gasteiger partial charge in [-0.1, -0.05) is 19.9 Å². The Bertz CT molecular complexity index is 448. The Labute approximate surface area is 101 Å². The van der Waals surface area contributed by atoms with Crippen LogP contribution in [0.4, 0.5) is 0 Å². The van der Waals surface area contributed by atoms with E-state index in [4.69, 9.17) is 0 Å². The molecule has 0 aliphatic heterocycles. The fourth-order valence-corrected chi connectivity index (χ4v) is 2.40. The molecule has 1 aromatic heterocycles. The summed E-state index contributed by atoms with van der Waals surface area (Å²) in [7, 11) is 0. The van der Waals surface area contributed by atoms with Gasteiger partial charge in [-0.2, -0.15) is 0 Å². The molecule has 2 aromatic rings. The van der Waals surface area contributed by atoms with Crippen LogP contribution in [0.25, 0.3) is 10.2 Å². The summed E-state index contributed by atoms with van der Waals surface area (Å²) >= 11 is 1.70. The van der Waals surface area contributed by atoms with Gasteiger partial charge in [0.15, 0.2) is 0 Å². The van der Waals surface area contributed by atoms with E-state index >= 15 is 0 Å². The molecule has 1 aromatic carbocycles. The summed E-state index contributed by atoms with van der Waals surface area (Å²) in [6.07, 6.45) is 2.32. The Balaban J connectivity index is 1.89. The third-order valence-corrected chi connectivity index (χ3v) is 3.40. The minimum Gasteiger partial charge on any atom is -0.315 e. The summed E-state index contributed by atoms with van der Waals surface area (Å²) in [5, 5.41) is 3.43. The van der Waals surface area contributed by atoms with E-state index in [9.17, 15) is 0 Å². The minimum atomic E-state index is 0.584. The van der Waals surface area contributed by atoms with Gasteiger partial charge in [-0.05, 0) is 37.1 Å². The molecule has 0 aliphatic carbocycles. The van der Waals surface area contributed by atoms with Gasteiger partial charge in [-0.15, -0.1) is 11.3 Å². The van der Waals surface area contributed by atoms with Gasteiger partial charge in [0, 0.05) is 6.04 Å². The van der Waals surface area contributed by atoms with Crippen LogP contribution in [-0.2, 0) is 6.42 Å². The van der Waals surface area contributed by atoms with E-state index in [1.807, 2.05) is 5.51 Å². The molecule has 0 saturated carbocycles. The van der Waals surface area contributed by atoms with E-state index in [1.165, 1.54) is 16.7 Å². The summed E-state index contributed by atoms with van der Waals surface area (Å²) in [4.78, 5) is 4.34. The molecule has 0 radical (unpaired) electrons. The van der Waals surface area contributed by atoms with Crippen molar-refractivity contribution in [2.45, 2.75) is 32.7 Å². The molecule has 0 amide bonds. The van der Waals surface area contributed by atoms with Crippen LogP contribution < -0.4 is 5.32 Å². The number of nitrogens with one attached hydrogen (secondary N) is 1. The van der Waals surface area contributed by atoms with Gasteiger partial charge in [0.05, 0.1) is 15.7 Å². The zero-order chi connectivity index (χ0) is 11.4. The van der Waals surface area contributed by atoms with Gasteiger partial charge in [0.2, 0.25) is 0 Å². The molecule has 0 aliphatic rings. The molecule has 0 atom stereocenters. The van der Waals surface area contributed by atoms with Crippen LogP contribution in [0.15, 0.2) is 23.7 Å². The van der Waals surface area contributed by atoms with Gasteiger partial charge < -0.3 is 5.32 Å². The molecule has 1 heterocycles. The van der Waals surface area contributed by atoms with Crippen molar-refractivity contribution in [1.82, 2.24) is 10.3 Å². The Kier molecular flexibility index (Phi) is 3.91. The number of hydrogen-bond acceptors (Lipinski definition) is 3. The van der Waals surface area contributed by atoms with E-state index in [1.54, 1.807) is 11.3 Å². The number of benzene rings is 1. The molecule has 2 nitrogen and oxygen atoms in total. The predicted octanol–water partition coefficient (Wildman–Crippen LogP) is 3.23. The first kappa shape index (κ1) is 11.6. The molecule has 16 heavy (non-hydrogen) atoms. The van der Waals surface area contributed by atoms with Crippen LogP contribution in [-0.4, -0.2) is 17.6 Å². The van der Waals surface area contributed by atoms with Crippen LogP contribution in [0.3, 0.4) is 0 Å². The number of aromatic nitrogens is 1. The van der Waals surface area contributed by atoms with Crippen molar-refractivity contribution in [2.75, 3.05) is 6.54 Å². The standard InChI is InChI=1S/C13H18N2S/c1-10(2)14-7-3-4-11-5-6-13-12(8-11)15-9-16-13/h5-6,8-10,14H,3-4,7H2,1-2H3. The molecule has 1 N–H and O–H groups in total. The first-order valence-electron chi connectivity index (χ1n) is 5.81. The lowest BCUT2D eigenvalue weighted by Crippen LogP contribution is -2.23. The number of aryl methyl sites for hydroxylation is 1. The summed E-state index contributed by atoms with van der Waals surface area (Å²) in [6, 6.07) is 7.19. The van der Waals surface area contributed by atoms with Crippen molar-refractivity contribution in [3.63, 3.8) is 0 Å². The third-order valence-electron chi connectivity index (χ3n) is 2.59. The van der Waals surface area contributed by atoms with Gasteiger partial charge in [0.25, 0.3) is 0 Å². The maximum Gasteiger partial charge on any atom is 0.0814 e. The molecule has 0 unspecified atom stereocenters. The van der Waals surface area contributed by atoms with Crippen molar-refractivity contribution in [3.8, 4) is 0 Å². The van der Waals surface area contributed by atoms with Crippen LogP contribution in [0.5, 0.6) is 0 Å². The highest BCUT2D eigenvalue weighted by Crippen LogP contribution is 2.19. The van der Waals surface area contributed by atoms with Gasteiger partial charge >= 0.3 is 0 Å². The van der Waals surface area contributed by atoms with E-state index in [-0.39, 0.29) is 0 Å². The third kappa shape index (κ3) is 3.03. The zero-order valence-electron chi connectivity index (χ0n) is 9.86. The van der Waals surface area contributed by atoms with Crippen molar-refractivity contribution < 1.29 is 0 Å². The number of hydrogen-bond donors (Lipinski definition) is 1. The number of fused-ring (bicyclic) bond motifs is 1. The molecule has 86 valence electrons. The molecule has 3 heteroatoms. The lowest BCUT2D eigenvalue weighted by molar-refractivity contribution is 0.570. The van der Waals surface area contributed by atoms with E-state index in [0.717, 1.165) is 18.5 Å². The highest BCUT2D eigenvalue weighted by molar-refractivity contribution is 7.16. The van der Waals surface area contributed by atoms with E-state index < -0.39 is 0 Å². The molecule has 2 rings (SSSR count). The number of nitrogens with zero attached hydrogens (tertiary/aromatic N) is 1. The average molecular weight is 234 g/mol. The summed E-state index contributed by atoms with van der Waals surface area (Å²) in [6.45, 7) is 5.45. The van der Waals surface area contributed by atoms with E-state index in [2.05, 4.69) is 42.3 Å². The highest BCUT2D eigenvalue weighted by Gasteiger charge is 1.99. The van der Waals surface area contributed by atoms with Crippen molar-refractivity contribution in [2.24, 2.45) is 0 Å². The molecule has 0 fully saturated rings. The van der Waals surface area contributed by atoms with Crippen molar-refractivity contribution in [3.05, 3.63) is 29.3 Å². The quantitative estimate of drug-likeness (QED) is 0.803. The average Bonchev–Trinajstić information content (AvgIpc) is 2.71. The second-order valence-electron chi connectivity index (χ2n) is 4.37. The highest BCUT2D eigenvalue weighted by atomic mass is 32.1. The van der Waals surface area contributed by atoms with Gasteiger partial charge in [-0.3, -0.25) is 0 Å². The van der Waals surface area contributed by atoms with Crippen molar-refractivity contribution in [1.29, 1.82) is 0 Å². The first-order chi connectivity index (χ1) is 7.75. The maximum atomic E-state index is 4.34. The maximum absolute atomic E-state index is 4.34. The smallest absolute Gasteiger partial charge is 0.0814 e. The summed E-state index contributed by atoms with van der Waals surface area (Å²) in [5.41, 5.74) is 4.44. The topological polar surface area (TPSA) is 24.9 Å². The Hall–Kier alpha value is -0.930. The van der Waals surface area contributed by atoms with Gasteiger partial charge in [-0.25, -0.2) is 4.98 Å². The summed E-state index contributed by atoms with van der Waals surface area (Å²) in [5.74, 6) is 0. The summed E-state index contributed by atoms with van der Waals surface area (Å²) < 4.78 is 1.28. The second-order valence-corrected chi connectivity index (χ2v) is 5.25. The normalized spacial score (nSPS) is 11.4. The largest absolute Gasteiger partial charge is 0.315 e. The van der Waals surface area contributed by atoms with Gasteiger partial charge in [0.1, 0.15) is 0 Å². The number of rotatable bonds is 5. The molecule has 0 spiro atoms. The van der Waals surface area contributed by atoms with Crippen molar-refractivity contribution >= 4 is 21.6 Å². The van der Waals surface area contributed by atoms with Crippen LogP contribution in [0, 0.1) is 0 Å². The van der Waals surface area contributed by atoms with Crippen LogP contribution in [0.1, 0.15) is 25.8 Å². The van der Waals surface area contributed by atoms with E-state index in [0.29, 0.717) is 6.04 Å².